The van der Waals surface area contributed by atoms with Crippen molar-refractivity contribution in [3.63, 3.8) is 0 Å². The number of carbonyl (C=O) groups is 1. The van der Waals surface area contributed by atoms with Crippen LogP contribution in [0.25, 0.3) is 0 Å². The van der Waals surface area contributed by atoms with Crippen LogP contribution in [0.15, 0.2) is 14.4 Å². The molecular formula is C34H56N6O9S. The van der Waals surface area contributed by atoms with Crippen LogP contribution in [0.4, 0.5) is 0 Å². The summed E-state index contributed by atoms with van der Waals surface area (Å²) in [5.74, 6) is -0.359. The molecule has 16 heteroatoms. The van der Waals surface area contributed by atoms with E-state index in [9.17, 15) is 27.6 Å². The third kappa shape index (κ3) is 16.4. The van der Waals surface area contributed by atoms with Crippen molar-refractivity contribution in [2.24, 2.45) is 0 Å². The van der Waals surface area contributed by atoms with Crippen LogP contribution in [0.1, 0.15) is 128 Å². The van der Waals surface area contributed by atoms with Crippen molar-refractivity contribution in [1.82, 2.24) is 18.6 Å². The van der Waals surface area contributed by atoms with Gasteiger partial charge < -0.3 is 14.4 Å². The second kappa shape index (κ2) is 24.5. The van der Waals surface area contributed by atoms with Crippen LogP contribution < -0.4 is 17.1 Å². The molecule has 1 amide bonds. The predicted octanol–water partition coefficient (Wildman–Crippen LogP) is 4.07. The largest absolute Gasteiger partial charge is 0.428 e. The number of rotatable bonds is 27. The molecule has 50 heavy (non-hydrogen) atoms. The van der Waals surface area contributed by atoms with Crippen molar-refractivity contribution in [2.75, 3.05) is 25.5 Å². The number of nitriles is 2. The molecule has 0 spiro atoms. The molecule has 0 bridgehead atoms. The first-order valence-electron chi connectivity index (χ1n) is 18.3. The minimum atomic E-state index is -4.08. The molecule has 1 saturated carbocycles. The molecule has 0 aromatic carbocycles. The number of unbranched alkanes of at least 4 members (excludes halogenated alkanes) is 10. The zero-order valence-electron chi connectivity index (χ0n) is 29.5. The van der Waals surface area contributed by atoms with Crippen LogP contribution in [-0.4, -0.2) is 69.0 Å². The van der Waals surface area contributed by atoms with Crippen molar-refractivity contribution >= 4 is 16.0 Å². The maximum atomic E-state index is 13.3. The fraction of sp³-hybridized carbons (Fsp3) is 0.824. The Balaban J connectivity index is 1.94. The van der Waals surface area contributed by atoms with Gasteiger partial charge in [0.2, 0.25) is 5.91 Å². The predicted molar refractivity (Wildman–Crippen MR) is 187 cm³/mol. The number of hydrogen-bond donors (Lipinski definition) is 1. The van der Waals surface area contributed by atoms with Gasteiger partial charge in [-0.05, 0) is 70.6 Å². The van der Waals surface area contributed by atoms with Gasteiger partial charge in [-0.1, -0.05) is 51.4 Å². The van der Waals surface area contributed by atoms with Gasteiger partial charge in [-0.15, -0.1) is 0 Å². The fourth-order valence-corrected chi connectivity index (χ4v) is 6.98. The van der Waals surface area contributed by atoms with E-state index in [4.69, 9.17) is 15.1 Å². The second-order valence-electron chi connectivity index (χ2n) is 13.0. The van der Waals surface area contributed by atoms with E-state index in [0.717, 1.165) is 90.8 Å². The molecule has 1 aromatic heterocycles. The Morgan fingerprint density at radius 2 is 1.10 bits per heavy atom. The lowest BCUT2D eigenvalue weighted by molar-refractivity contribution is -0.134. The van der Waals surface area contributed by atoms with Gasteiger partial charge in [0.1, 0.15) is 13.2 Å². The van der Waals surface area contributed by atoms with Crippen molar-refractivity contribution < 1.29 is 27.2 Å². The Labute approximate surface area is 295 Å². The van der Waals surface area contributed by atoms with Gasteiger partial charge in [0.05, 0.1) is 5.75 Å². The van der Waals surface area contributed by atoms with Crippen LogP contribution >= 0.6 is 0 Å². The summed E-state index contributed by atoms with van der Waals surface area (Å²) in [5, 5.41) is 17.0. The molecule has 0 aliphatic heterocycles. The number of aromatic nitrogens is 3. The third-order valence-corrected chi connectivity index (χ3v) is 9.98. The lowest BCUT2D eigenvalue weighted by Crippen LogP contribution is -2.54. The topological polar surface area (TPSA) is 207 Å². The van der Waals surface area contributed by atoms with Crippen molar-refractivity contribution in [1.29, 1.82) is 10.5 Å². The summed E-state index contributed by atoms with van der Waals surface area (Å²) in [6.07, 6.45) is 17.9. The number of amides is 1. The molecule has 0 atom stereocenters. The van der Waals surface area contributed by atoms with E-state index in [1.807, 2.05) is 4.90 Å². The average Bonchev–Trinajstić information content (AvgIpc) is 3.09. The zero-order valence-corrected chi connectivity index (χ0v) is 30.3. The maximum Gasteiger partial charge on any atom is 0.336 e. The lowest BCUT2D eigenvalue weighted by atomic mass is 9.93. The van der Waals surface area contributed by atoms with E-state index in [0.29, 0.717) is 64.7 Å². The molecule has 282 valence electrons. The molecule has 15 nitrogen and oxygen atoms in total. The second-order valence-corrected chi connectivity index (χ2v) is 14.6. The van der Waals surface area contributed by atoms with Crippen LogP contribution in [-0.2, 0) is 44.0 Å². The standard InChI is InChI=1S/C34H56N6O9S/c35-28-48-25-15-6-4-13-22-39-32(42)38(33(43)40(34(39)44)23-14-5-7-16-26-49-29-36)21-12-3-1-2-11-20-31(41)37(24-17-27-50(45,46)47)30-18-9-8-10-19-30/h30H,1-27H2,(H,45,46,47). The number of carbonyl (C=O) groups excluding carboxylic acids is 1. The molecule has 2 rings (SSSR count). The van der Waals surface area contributed by atoms with E-state index in [1.54, 1.807) is 12.5 Å². The van der Waals surface area contributed by atoms with Gasteiger partial charge in [-0.2, -0.15) is 18.9 Å². The maximum absolute atomic E-state index is 13.3. The molecular weight excluding hydrogens is 668 g/mol. The van der Waals surface area contributed by atoms with Crippen LogP contribution in [0.2, 0.25) is 0 Å². The summed E-state index contributed by atoms with van der Waals surface area (Å²) in [4.78, 5) is 54.9. The highest BCUT2D eigenvalue weighted by molar-refractivity contribution is 7.85. The molecule has 1 aliphatic carbocycles. The summed E-state index contributed by atoms with van der Waals surface area (Å²) in [6.45, 7) is 1.51. The summed E-state index contributed by atoms with van der Waals surface area (Å²) < 4.78 is 44.3. The summed E-state index contributed by atoms with van der Waals surface area (Å²) >= 11 is 0. The Bertz CT molecular complexity index is 1450. The smallest absolute Gasteiger partial charge is 0.336 e. The quantitative estimate of drug-likeness (QED) is 0.0777. The Morgan fingerprint density at radius 1 is 0.680 bits per heavy atom. The van der Waals surface area contributed by atoms with E-state index in [1.165, 1.54) is 0 Å². The third-order valence-electron chi connectivity index (χ3n) is 9.18. The molecule has 0 radical (unpaired) electrons. The molecule has 0 saturated heterocycles. The highest BCUT2D eigenvalue weighted by Gasteiger charge is 2.25. The minimum Gasteiger partial charge on any atom is -0.428 e. The zero-order chi connectivity index (χ0) is 36.6. The molecule has 1 heterocycles. The monoisotopic (exact) mass is 724 g/mol. The first kappa shape index (κ1) is 42.5. The van der Waals surface area contributed by atoms with E-state index < -0.39 is 27.2 Å². The van der Waals surface area contributed by atoms with E-state index in [-0.39, 0.29) is 43.8 Å². The highest BCUT2D eigenvalue weighted by Crippen LogP contribution is 2.24. The van der Waals surface area contributed by atoms with E-state index in [2.05, 4.69) is 9.47 Å². The first-order chi connectivity index (χ1) is 24.1. The number of hydrogen-bond acceptors (Lipinski definition) is 10. The van der Waals surface area contributed by atoms with Gasteiger partial charge in [-0.3, -0.25) is 9.35 Å². The molecule has 1 aromatic rings. The van der Waals surface area contributed by atoms with Gasteiger partial charge in [0.25, 0.3) is 22.6 Å². The highest BCUT2D eigenvalue weighted by atomic mass is 32.2. The Hall–Kier alpha value is -3.63. The summed E-state index contributed by atoms with van der Waals surface area (Å²) in [7, 11) is -4.08. The Kier molecular flexibility index (Phi) is 20.8. The average molecular weight is 725 g/mol. The van der Waals surface area contributed by atoms with Crippen LogP contribution in [0, 0.1) is 23.0 Å². The SMILES string of the molecule is N#COCCCCCCn1c(=O)n(CCCCCCCC(=O)N(CCCS(=O)(=O)O)C2CCCCC2)c(=O)n(CCCCCCOC#N)c1=O. The fourth-order valence-electron chi connectivity index (χ4n) is 6.48. The van der Waals surface area contributed by atoms with Gasteiger partial charge >= 0.3 is 17.1 Å². The molecule has 1 aliphatic rings. The van der Waals surface area contributed by atoms with Crippen molar-refractivity contribution in [3.05, 3.63) is 31.5 Å². The lowest BCUT2D eigenvalue weighted by Gasteiger charge is -2.34. The summed E-state index contributed by atoms with van der Waals surface area (Å²) in [5.41, 5.74) is -1.83. The number of nitrogens with zero attached hydrogens (tertiary/aromatic N) is 6. The first-order valence-corrected chi connectivity index (χ1v) is 19.9. The van der Waals surface area contributed by atoms with Crippen molar-refractivity contribution in [3.8, 4) is 12.5 Å². The van der Waals surface area contributed by atoms with Crippen LogP contribution in [0.5, 0.6) is 0 Å². The molecule has 1 N–H and O–H groups in total. The van der Waals surface area contributed by atoms with Crippen molar-refractivity contribution in [2.45, 2.75) is 154 Å². The van der Waals surface area contributed by atoms with Crippen LogP contribution in [0.3, 0.4) is 0 Å². The minimum absolute atomic E-state index is 0.00704. The molecule has 0 unspecified atom stereocenters. The van der Waals surface area contributed by atoms with Gasteiger partial charge in [0, 0.05) is 38.6 Å². The van der Waals surface area contributed by atoms with E-state index >= 15 is 0 Å². The normalized spacial score (nSPS) is 13.4. The summed E-state index contributed by atoms with van der Waals surface area (Å²) in [6, 6.07) is 0.108. The van der Waals surface area contributed by atoms with Gasteiger partial charge in [0.15, 0.2) is 0 Å². The Morgan fingerprint density at radius 3 is 1.54 bits per heavy atom. The number of ether oxygens (including phenoxy) is 2. The molecule has 1 fully saturated rings. The van der Waals surface area contributed by atoms with Gasteiger partial charge in [-0.25, -0.2) is 28.1 Å².